The Morgan fingerprint density at radius 3 is 3.08 bits per heavy atom. The van der Waals surface area contributed by atoms with E-state index in [0.717, 1.165) is 5.69 Å². The molecule has 1 heterocycles. The molecule has 1 aliphatic rings. The monoisotopic (exact) mass is 176 g/mol. The lowest BCUT2D eigenvalue weighted by molar-refractivity contribution is 1.02. The molecule has 60 valence electrons. The highest BCUT2D eigenvalue weighted by molar-refractivity contribution is 8.00. The standard InChI is InChI=1S/C9H8N2S/c10-6-5-9-11-7-3-1-2-4-8(7)12-9/h1-4,9,11H,5H2. The summed E-state index contributed by atoms with van der Waals surface area (Å²) in [7, 11) is 0. The first-order valence-corrected chi connectivity index (χ1v) is 4.67. The summed E-state index contributed by atoms with van der Waals surface area (Å²) in [5.41, 5.74) is 1.16. The van der Waals surface area contributed by atoms with Crippen molar-refractivity contribution < 1.29 is 0 Å². The summed E-state index contributed by atoms with van der Waals surface area (Å²) < 4.78 is 0. The minimum absolute atomic E-state index is 0.243. The van der Waals surface area contributed by atoms with Gasteiger partial charge in [-0.15, -0.1) is 0 Å². The molecule has 0 bridgehead atoms. The average molecular weight is 176 g/mol. The van der Waals surface area contributed by atoms with Crippen molar-refractivity contribution in [2.24, 2.45) is 0 Å². The van der Waals surface area contributed by atoms with Crippen LogP contribution in [0.15, 0.2) is 29.2 Å². The van der Waals surface area contributed by atoms with Crippen LogP contribution in [0.4, 0.5) is 5.69 Å². The first-order valence-electron chi connectivity index (χ1n) is 3.79. The Balaban J connectivity index is 2.18. The second kappa shape index (κ2) is 3.08. The number of nitriles is 1. The van der Waals surface area contributed by atoms with E-state index in [1.54, 1.807) is 11.8 Å². The largest absolute Gasteiger partial charge is 0.371 e. The second-order valence-corrected chi connectivity index (χ2v) is 3.85. The van der Waals surface area contributed by atoms with E-state index in [9.17, 15) is 0 Å². The van der Waals surface area contributed by atoms with Gasteiger partial charge >= 0.3 is 0 Å². The number of benzene rings is 1. The first-order chi connectivity index (χ1) is 5.90. The predicted molar refractivity (Wildman–Crippen MR) is 49.9 cm³/mol. The highest BCUT2D eigenvalue weighted by atomic mass is 32.2. The van der Waals surface area contributed by atoms with Crippen LogP contribution in [0.25, 0.3) is 0 Å². The number of fused-ring (bicyclic) bond motifs is 1. The normalized spacial score (nSPS) is 19.4. The average Bonchev–Trinajstić information content (AvgIpc) is 2.47. The van der Waals surface area contributed by atoms with Crippen LogP contribution in [0.1, 0.15) is 6.42 Å². The molecule has 2 nitrogen and oxygen atoms in total. The summed E-state index contributed by atoms with van der Waals surface area (Å²) in [5, 5.41) is 12.0. The Bertz CT molecular complexity index is 305. The number of hydrogen-bond donors (Lipinski definition) is 1. The molecule has 1 atom stereocenters. The van der Waals surface area contributed by atoms with Gasteiger partial charge in [-0.3, -0.25) is 0 Å². The predicted octanol–water partition coefficient (Wildman–Crippen LogP) is 2.44. The third kappa shape index (κ3) is 1.26. The van der Waals surface area contributed by atoms with Crippen molar-refractivity contribution in [1.82, 2.24) is 0 Å². The van der Waals surface area contributed by atoms with Crippen molar-refractivity contribution in [3.05, 3.63) is 24.3 Å². The van der Waals surface area contributed by atoms with Crippen LogP contribution in [0, 0.1) is 11.3 Å². The Kier molecular flexibility index (Phi) is 1.92. The molecule has 0 fully saturated rings. The highest BCUT2D eigenvalue weighted by Gasteiger charge is 2.19. The quantitative estimate of drug-likeness (QED) is 0.714. The van der Waals surface area contributed by atoms with Gasteiger partial charge in [-0.2, -0.15) is 5.26 Å². The fraction of sp³-hybridized carbons (Fsp3) is 0.222. The van der Waals surface area contributed by atoms with E-state index >= 15 is 0 Å². The van der Waals surface area contributed by atoms with Gasteiger partial charge in [-0.05, 0) is 12.1 Å². The molecule has 1 aromatic rings. The minimum Gasteiger partial charge on any atom is -0.371 e. The van der Waals surface area contributed by atoms with Crippen molar-refractivity contribution in [1.29, 1.82) is 5.26 Å². The van der Waals surface area contributed by atoms with Crippen LogP contribution in [-0.4, -0.2) is 5.37 Å². The lowest BCUT2D eigenvalue weighted by Crippen LogP contribution is -2.07. The summed E-state index contributed by atoms with van der Waals surface area (Å²) in [4.78, 5) is 1.25. The number of nitrogens with zero attached hydrogens (tertiary/aromatic N) is 1. The lowest BCUT2D eigenvalue weighted by Gasteiger charge is -2.02. The zero-order valence-electron chi connectivity index (χ0n) is 6.45. The van der Waals surface area contributed by atoms with Crippen LogP contribution >= 0.6 is 11.8 Å². The van der Waals surface area contributed by atoms with Gasteiger partial charge in [0.1, 0.15) is 0 Å². The Morgan fingerprint density at radius 1 is 1.50 bits per heavy atom. The molecule has 1 unspecified atom stereocenters. The minimum atomic E-state index is 0.243. The second-order valence-electron chi connectivity index (χ2n) is 2.61. The van der Waals surface area contributed by atoms with Gasteiger partial charge in [0.25, 0.3) is 0 Å². The number of para-hydroxylation sites is 1. The molecule has 0 saturated heterocycles. The van der Waals surface area contributed by atoms with Crippen LogP contribution in [0.2, 0.25) is 0 Å². The van der Waals surface area contributed by atoms with E-state index in [1.165, 1.54) is 4.90 Å². The Labute approximate surface area is 75.6 Å². The maximum atomic E-state index is 8.50. The fourth-order valence-corrected chi connectivity index (χ4v) is 2.28. The van der Waals surface area contributed by atoms with Crippen LogP contribution in [0.5, 0.6) is 0 Å². The molecule has 0 aromatic heterocycles. The van der Waals surface area contributed by atoms with Crippen molar-refractivity contribution in [3.8, 4) is 6.07 Å². The zero-order valence-corrected chi connectivity index (χ0v) is 7.27. The molecule has 1 N–H and O–H groups in total. The number of thioether (sulfide) groups is 1. The zero-order chi connectivity index (χ0) is 8.39. The fourth-order valence-electron chi connectivity index (χ4n) is 1.22. The molecule has 12 heavy (non-hydrogen) atoms. The van der Waals surface area contributed by atoms with Gasteiger partial charge in [0.05, 0.1) is 17.9 Å². The van der Waals surface area contributed by atoms with E-state index in [-0.39, 0.29) is 5.37 Å². The smallest absolute Gasteiger partial charge is 0.0900 e. The summed E-state index contributed by atoms with van der Waals surface area (Å²) in [6.07, 6.45) is 0.555. The van der Waals surface area contributed by atoms with E-state index in [4.69, 9.17) is 5.26 Å². The summed E-state index contributed by atoms with van der Waals surface area (Å²) in [6, 6.07) is 10.3. The van der Waals surface area contributed by atoms with Gasteiger partial charge < -0.3 is 5.32 Å². The van der Waals surface area contributed by atoms with Crippen molar-refractivity contribution in [3.63, 3.8) is 0 Å². The molecule has 1 aliphatic heterocycles. The summed E-state index contributed by atoms with van der Waals surface area (Å²) >= 11 is 1.73. The molecule has 2 rings (SSSR count). The van der Waals surface area contributed by atoms with Crippen molar-refractivity contribution in [2.45, 2.75) is 16.7 Å². The van der Waals surface area contributed by atoms with Crippen LogP contribution in [0.3, 0.4) is 0 Å². The van der Waals surface area contributed by atoms with E-state index < -0.39 is 0 Å². The number of nitrogens with one attached hydrogen (secondary N) is 1. The maximum Gasteiger partial charge on any atom is 0.0900 e. The van der Waals surface area contributed by atoms with Gasteiger partial charge in [-0.25, -0.2) is 0 Å². The van der Waals surface area contributed by atoms with Crippen LogP contribution < -0.4 is 5.32 Å². The molecular weight excluding hydrogens is 168 g/mol. The van der Waals surface area contributed by atoms with Gasteiger partial charge in [0.2, 0.25) is 0 Å². The molecule has 1 aromatic carbocycles. The number of anilines is 1. The van der Waals surface area contributed by atoms with Gasteiger partial charge in [-0.1, -0.05) is 23.9 Å². The van der Waals surface area contributed by atoms with Gasteiger partial charge in [0, 0.05) is 10.6 Å². The summed E-state index contributed by atoms with van der Waals surface area (Å²) in [5.74, 6) is 0. The summed E-state index contributed by atoms with van der Waals surface area (Å²) in [6.45, 7) is 0. The SMILES string of the molecule is N#CCC1Nc2ccccc2S1. The maximum absolute atomic E-state index is 8.50. The van der Waals surface area contributed by atoms with E-state index in [2.05, 4.69) is 17.5 Å². The van der Waals surface area contributed by atoms with Gasteiger partial charge in [0.15, 0.2) is 0 Å². The molecular formula is C9H8N2S. The van der Waals surface area contributed by atoms with Crippen molar-refractivity contribution >= 4 is 17.4 Å². The molecule has 0 amide bonds. The van der Waals surface area contributed by atoms with Crippen LogP contribution in [-0.2, 0) is 0 Å². The highest BCUT2D eigenvalue weighted by Crippen LogP contribution is 2.38. The Morgan fingerprint density at radius 2 is 2.33 bits per heavy atom. The number of hydrogen-bond acceptors (Lipinski definition) is 3. The molecule has 0 saturated carbocycles. The molecule has 0 radical (unpaired) electrons. The van der Waals surface area contributed by atoms with Crippen molar-refractivity contribution in [2.75, 3.05) is 5.32 Å². The first kappa shape index (κ1) is 7.51. The van der Waals surface area contributed by atoms with E-state index in [0.29, 0.717) is 6.42 Å². The van der Waals surface area contributed by atoms with E-state index in [1.807, 2.05) is 18.2 Å². The third-order valence-corrected chi connectivity index (χ3v) is 2.93. The third-order valence-electron chi connectivity index (χ3n) is 1.75. The molecule has 0 aliphatic carbocycles. The lowest BCUT2D eigenvalue weighted by atomic mass is 10.3. The Hall–Kier alpha value is -1.14. The molecule has 0 spiro atoms. The topological polar surface area (TPSA) is 35.8 Å². The number of rotatable bonds is 1. The molecule has 3 heteroatoms.